The molecule has 0 aliphatic carbocycles. The average Bonchev–Trinajstić information content (AvgIpc) is 2.89. The van der Waals surface area contributed by atoms with Crippen molar-refractivity contribution in [2.45, 2.75) is 6.92 Å². The highest BCUT2D eigenvalue weighted by Crippen LogP contribution is 2.31. The highest BCUT2D eigenvalue weighted by Gasteiger charge is 2.16. The fraction of sp³-hybridized carbons (Fsp3) is 0.0625. The van der Waals surface area contributed by atoms with Crippen molar-refractivity contribution in [1.29, 1.82) is 0 Å². The van der Waals surface area contributed by atoms with E-state index in [1.54, 1.807) is 30.5 Å². The predicted molar refractivity (Wildman–Crippen MR) is 83.9 cm³/mol. The zero-order valence-corrected chi connectivity index (χ0v) is 11.7. The van der Waals surface area contributed by atoms with Crippen molar-refractivity contribution in [1.82, 2.24) is 20.2 Å². The van der Waals surface area contributed by atoms with E-state index >= 15 is 0 Å². The van der Waals surface area contributed by atoms with Crippen molar-refractivity contribution in [2.75, 3.05) is 0 Å². The molecule has 22 heavy (non-hydrogen) atoms. The first kappa shape index (κ1) is 12.6. The molecule has 0 aliphatic heterocycles. The molecule has 0 saturated carbocycles. The molecule has 0 unspecified atom stereocenters. The number of hydrogen-bond donors (Lipinski definition) is 3. The van der Waals surface area contributed by atoms with Gasteiger partial charge in [0.1, 0.15) is 5.75 Å². The van der Waals surface area contributed by atoms with Crippen LogP contribution in [0.5, 0.6) is 5.75 Å². The van der Waals surface area contributed by atoms with Crippen LogP contribution in [-0.4, -0.2) is 25.3 Å². The lowest BCUT2D eigenvalue weighted by atomic mass is 10.0. The molecular formula is C16H12N4O2. The molecule has 0 saturated heterocycles. The number of phenols is 1. The lowest BCUT2D eigenvalue weighted by Crippen LogP contribution is -2.07. The molecule has 0 radical (unpaired) electrons. The minimum absolute atomic E-state index is 0.165. The van der Waals surface area contributed by atoms with Crippen LogP contribution in [0.25, 0.3) is 33.1 Å². The average molecular weight is 292 g/mol. The number of rotatable bonds is 1. The third-order valence-corrected chi connectivity index (χ3v) is 3.75. The second-order valence-electron chi connectivity index (χ2n) is 5.15. The van der Waals surface area contributed by atoms with Gasteiger partial charge in [0.15, 0.2) is 5.65 Å². The number of hydrogen-bond acceptors (Lipinski definition) is 4. The van der Waals surface area contributed by atoms with Crippen LogP contribution in [0, 0.1) is 6.92 Å². The van der Waals surface area contributed by atoms with Crippen molar-refractivity contribution in [2.24, 2.45) is 0 Å². The zero-order chi connectivity index (χ0) is 15.3. The molecule has 6 nitrogen and oxygen atoms in total. The standard InChI is InChI=1S/C16H12N4O2/c1-8-12-11-6-7-17-16(22)13(11)14(18-15(12)20-19-8)9-2-4-10(21)5-3-9/h2-7,21H,1H3,(H,17,22)(H,18,19,20). The molecule has 3 aromatic heterocycles. The van der Waals surface area contributed by atoms with Gasteiger partial charge in [0.2, 0.25) is 0 Å². The van der Waals surface area contributed by atoms with Crippen molar-refractivity contribution < 1.29 is 5.11 Å². The Bertz CT molecular complexity index is 1060. The van der Waals surface area contributed by atoms with Gasteiger partial charge in [0.25, 0.3) is 5.56 Å². The van der Waals surface area contributed by atoms with Gasteiger partial charge in [-0.15, -0.1) is 0 Å². The Balaban J connectivity index is 2.21. The normalized spacial score (nSPS) is 11.3. The SMILES string of the molecule is Cc1[nH]nc2nc(-c3ccc(O)cc3)c3c(=O)[nH]ccc3c12. The van der Waals surface area contributed by atoms with E-state index in [1.165, 1.54) is 0 Å². The van der Waals surface area contributed by atoms with Crippen LogP contribution in [0.15, 0.2) is 41.3 Å². The van der Waals surface area contributed by atoms with Crippen LogP contribution in [0.4, 0.5) is 0 Å². The second kappa shape index (κ2) is 4.42. The van der Waals surface area contributed by atoms with Gasteiger partial charge < -0.3 is 10.1 Å². The summed E-state index contributed by atoms with van der Waals surface area (Å²) in [5.74, 6) is 0.165. The highest BCUT2D eigenvalue weighted by molar-refractivity contribution is 6.10. The summed E-state index contributed by atoms with van der Waals surface area (Å²) < 4.78 is 0. The van der Waals surface area contributed by atoms with Crippen molar-refractivity contribution >= 4 is 21.8 Å². The number of aryl methyl sites for hydroxylation is 1. The fourth-order valence-electron chi connectivity index (χ4n) is 2.73. The van der Waals surface area contributed by atoms with Gasteiger partial charge in [-0.1, -0.05) is 0 Å². The van der Waals surface area contributed by atoms with Crippen LogP contribution >= 0.6 is 0 Å². The van der Waals surface area contributed by atoms with E-state index in [0.29, 0.717) is 16.7 Å². The van der Waals surface area contributed by atoms with Crippen molar-refractivity contribution in [3.63, 3.8) is 0 Å². The summed E-state index contributed by atoms with van der Waals surface area (Å²) in [7, 11) is 0. The molecule has 3 heterocycles. The third-order valence-electron chi connectivity index (χ3n) is 3.75. The van der Waals surface area contributed by atoms with Crippen molar-refractivity contribution in [3.8, 4) is 17.0 Å². The summed E-state index contributed by atoms with van der Waals surface area (Å²) >= 11 is 0. The lowest BCUT2D eigenvalue weighted by molar-refractivity contribution is 0.475. The van der Waals surface area contributed by atoms with Gasteiger partial charge in [0.05, 0.1) is 11.1 Å². The number of aromatic hydroxyl groups is 1. The molecule has 0 aliphatic rings. The molecule has 6 heteroatoms. The maximum atomic E-state index is 12.3. The van der Waals surface area contributed by atoms with Gasteiger partial charge in [-0.2, -0.15) is 5.10 Å². The number of phenolic OH excluding ortho intramolecular Hbond substituents is 1. The quantitative estimate of drug-likeness (QED) is 0.502. The fourth-order valence-corrected chi connectivity index (χ4v) is 2.73. The zero-order valence-electron chi connectivity index (χ0n) is 11.7. The van der Waals surface area contributed by atoms with Gasteiger partial charge >= 0.3 is 0 Å². The van der Waals surface area contributed by atoms with E-state index in [1.807, 2.05) is 13.0 Å². The van der Waals surface area contributed by atoms with Gasteiger partial charge in [-0.3, -0.25) is 9.89 Å². The van der Waals surface area contributed by atoms with Gasteiger partial charge in [-0.25, -0.2) is 4.98 Å². The van der Waals surface area contributed by atoms with E-state index in [2.05, 4.69) is 20.2 Å². The van der Waals surface area contributed by atoms with Crippen LogP contribution in [0.3, 0.4) is 0 Å². The number of aromatic amines is 2. The summed E-state index contributed by atoms with van der Waals surface area (Å²) in [5, 5.41) is 18.7. The van der Waals surface area contributed by atoms with E-state index in [-0.39, 0.29) is 11.3 Å². The number of H-pyrrole nitrogens is 2. The topological polar surface area (TPSA) is 94.7 Å². The Hall–Kier alpha value is -3.15. The highest BCUT2D eigenvalue weighted by atomic mass is 16.3. The number of benzene rings is 1. The monoisotopic (exact) mass is 292 g/mol. The summed E-state index contributed by atoms with van der Waals surface area (Å²) in [6, 6.07) is 8.46. The Morgan fingerprint density at radius 1 is 1.09 bits per heavy atom. The molecule has 4 rings (SSSR count). The third kappa shape index (κ3) is 1.70. The lowest BCUT2D eigenvalue weighted by Gasteiger charge is -2.07. The van der Waals surface area contributed by atoms with Crippen molar-refractivity contribution in [3.05, 3.63) is 52.6 Å². The minimum atomic E-state index is -0.199. The molecule has 4 aromatic rings. The second-order valence-corrected chi connectivity index (χ2v) is 5.15. The van der Waals surface area contributed by atoms with Crippen LogP contribution in [0.2, 0.25) is 0 Å². The number of nitrogens with zero attached hydrogens (tertiary/aromatic N) is 2. The molecule has 0 amide bonds. The molecule has 0 fully saturated rings. The molecule has 1 aromatic carbocycles. The molecule has 3 N–H and O–H groups in total. The van der Waals surface area contributed by atoms with Crippen LogP contribution in [0.1, 0.15) is 5.69 Å². The molecule has 0 bridgehead atoms. The van der Waals surface area contributed by atoms with Crippen LogP contribution in [-0.2, 0) is 0 Å². The Kier molecular flexibility index (Phi) is 2.53. The van der Waals surface area contributed by atoms with E-state index in [0.717, 1.165) is 22.0 Å². The minimum Gasteiger partial charge on any atom is -0.508 e. The summed E-state index contributed by atoms with van der Waals surface area (Å²) in [6.07, 6.45) is 1.62. The Morgan fingerprint density at radius 3 is 2.64 bits per heavy atom. The Labute approximate surface area is 124 Å². The molecule has 108 valence electrons. The van der Waals surface area contributed by atoms with E-state index in [4.69, 9.17) is 0 Å². The molecular weight excluding hydrogens is 280 g/mol. The first-order valence-electron chi connectivity index (χ1n) is 6.80. The molecule has 0 atom stereocenters. The van der Waals surface area contributed by atoms with E-state index in [9.17, 15) is 9.90 Å². The Morgan fingerprint density at radius 2 is 1.86 bits per heavy atom. The largest absolute Gasteiger partial charge is 0.508 e. The maximum Gasteiger partial charge on any atom is 0.258 e. The summed E-state index contributed by atoms with van der Waals surface area (Å²) in [6.45, 7) is 1.90. The first-order chi connectivity index (χ1) is 10.6. The van der Waals surface area contributed by atoms with E-state index < -0.39 is 0 Å². The molecule has 0 spiro atoms. The first-order valence-corrected chi connectivity index (χ1v) is 6.80. The van der Waals surface area contributed by atoms with Crippen LogP contribution < -0.4 is 5.56 Å². The summed E-state index contributed by atoms with van der Waals surface area (Å²) in [5.41, 5.74) is 2.54. The maximum absolute atomic E-state index is 12.3. The number of fused-ring (bicyclic) bond motifs is 3. The number of pyridine rings is 2. The predicted octanol–water partition coefficient (Wildman–Crippen LogP) is 2.48. The summed E-state index contributed by atoms with van der Waals surface area (Å²) in [4.78, 5) is 19.6. The van der Waals surface area contributed by atoms with Gasteiger partial charge in [0, 0.05) is 28.2 Å². The number of nitrogens with one attached hydrogen (secondary N) is 2. The van der Waals surface area contributed by atoms with Gasteiger partial charge in [-0.05, 0) is 37.3 Å². The smallest absolute Gasteiger partial charge is 0.258 e. The number of aromatic nitrogens is 4.